The van der Waals surface area contributed by atoms with Crippen LogP contribution in [0.1, 0.15) is 59.2 Å². The van der Waals surface area contributed by atoms with Crippen molar-refractivity contribution in [3.8, 4) is 0 Å². The SMILES string of the molecule is COC(=O)c1ccc(N2C(=O)CC(N(CCC3=CCCCC3)C(=O)c3ccc(F)cc3)C2=O)cc1. The zero-order valence-electron chi connectivity index (χ0n) is 19.5. The van der Waals surface area contributed by atoms with Crippen molar-refractivity contribution in [2.45, 2.75) is 44.6 Å². The maximum absolute atomic E-state index is 13.4. The Balaban J connectivity index is 1.59. The summed E-state index contributed by atoms with van der Waals surface area (Å²) in [4.78, 5) is 53.9. The van der Waals surface area contributed by atoms with Gasteiger partial charge in [0.1, 0.15) is 11.9 Å². The average Bonchev–Trinajstić information content (AvgIpc) is 3.18. The molecule has 2 aliphatic rings. The van der Waals surface area contributed by atoms with Crippen LogP contribution in [-0.4, -0.2) is 48.3 Å². The molecule has 0 aromatic heterocycles. The van der Waals surface area contributed by atoms with Gasteiger partial charge in [-0.2, -0.15) is 0 Å². The molecule has 1 heterocycles. The Morgan fingerprint density at radius 3 is 2.34 bits per heavy atom. The highest BCUT2D eigenvalue weighted by Crippen LogP contribution is 2.29. The number of nitrogens with zero attached hydrogens (tertiary/aromatic N) is 2. The van der Waals surface area contributed by atoms with Gasteiger partial charge in [0.15, 0.2) is 0 Å². The molecular formula is C27H27FN2O5. The van der Waals surface area contributed by atoms with Crippen molar-refractivity contribution in [1.29, 1.82) is 0 Å². The van der Waals surface area contributed by atoms with Gasteiger partial charge in [-0.25, -0.2) is 14.1 Å². The van der Waals surface area contributed by atoms with E-state index in [1.807, 2.05) is 0 Å². The summed E-state index contributed by atoms with van der Waals surface area (Å²) in [5.74, 6) is -2.35. The summed E-state index contributed by atoms with van der Waals surface area (Å²) < 4.78 is 18.1. The fourth-order valence-electron chi connectivity index (χ4n) is 4.55. The van der Waals surface area contributed by atoms with Crippen LogP contribution >= 0.6 is 0 Å². The molecule has 0 spiro atoms. The second-order valence-electron chi connectivity index (χ2n) is 8.69. The number of rotatable bonds is 7. The van der Waals surface area contributed by atoms with E-state index in [4.69, 9.17) is 0 Å². The lowest BCUT2D eigenvalue weighted by Crippen LogP contribution is -2.46. The average molecular weight is 479 g/mol. The zero-order valence-corrected chi connectivity index (χ0v) is 19.5. The van der Waals surface area contributed by atoms with Crippen LogP contribution in [0.15, 0.2) is 60.2 Å². The predicted octanol–water partition coefficient (Wildman–Crippen LogP) is 4.28. The van der Waals surface area contributed by atoms with Crippen LogP contribution in [0.25, 0.3) is 0 Å². The molecule has 2 aromatic rings. The fourth-order valence-corrected chi connectivity index (χ4v) is 4.55. The van der Waals surface area contributed by atoms with Gasteiger partial charge < -0.3 is 9.64 Å². The molecule has 0 saturated carbocycles. The molecule has 0 radical (unpaired) electrons. The van der Waals surface area contributed by atoms with Gasteiger partial charge >= 0.3 is 5.97 Å². The van der Waals surface area contributed by atoms with Crippen molar-refractivity contribution in [2.24, 2.45) is 0 Å². The van der Waals surface area contributed by atoms with Gasteiger partial charge in [-0.1, -0.05) is 11.6 Å². The molecule has 182 valence electrons. The molecule has 0 bridgehead atoms. The van der Waals surface area contributed by atoms with E-state index in [-0.39, 0.29) is 18.5 Å². The molecule has 3 amide bonds. The molecule has 35 heavy (non-hydrogen) atoms. The van der Waals surface area contributed by atoms with Crippen molar-refractivity contribution in [3.05, 3.63) is 77.1 Å². The number of amides is 3. The first-order valence-corrected chi connectivity index (χ1v) is 11.7. The van der Waals surface area contributed by atoms with Crippen LogP contribution < -0.4 is 4.90 Å². The lowest BCUT2D eigenvalue weighted by atomic mass is 9.96. The van der Waals surface area contributed by atoms with Gasteiger partial charge in [-0.3, -0.25) is 14.4 Å². The maximum Gasteiger partial charge on any atom is 0.337 e. The normalized spacial score (nSPS) is 17.8. The van der Waals surface area contributed by atoms with Crippen LogP contribution in [0.3, 0.4) is 0 Å². The number of ether oxygens (including phenoxy) is 1. The molecule has 7 nitrogen and oxygen atoms in total. The van der Waals surface area contributed by atoms with Gasteiger partial charge in [0.05, 0.1) is 24.8 Å². The number of carbonyl (C=O) groups excluding carboxylic acids is 4. The Kier molecular flexibility index (Phi) is 7.39. The largest absolute Gasteiger partial charge is 0.465 e. The van der Waals surface area contributed by atoms with Crippen LogP contribution in [0.5, 0.6) is 0 Å². The molecule has 0 N–H and O–H groups in total. The molecule has 4 rings (SSSR count). The highest BCUT2D eigenvalue weighted by molar-refractivity contribution is 6.23. The van der Waals surface area contributed by atoms with Gasteiger partial charge in [0.2, 0.25) is 5.91 Å². The minimum atomic E-state index is -0.968. The first-order valence-electron chi connectivity index (χ1n) is 11.7. The third-order valence-corrected chi connectivity index (χ3v) is 6.46. The van der Waals surface area contributed by atoms with E-state index in [0.29, 0.717) is 17.7 Å². The van der Waals surface area contributed by atoms with Gasteiger partial charge in [0, 0.05) is 12.1 Å². The van der Waals surface area contributed by atoms with Crippen molar-refractivity contribution >= 4 is 29.4 Å². The van der Waals surface area contributed by atoms with E-state index in [1.54, 1.807) is 0 Å². The van der Waals surface area contributed by atoms with E-state index in [1.165, 1.54) is 66.1 Å². The first-order chi connectivity index (χ1) is 16.9. The Morgan fingerprint density at radius 2 is 1.71 bits per heavy atom. The topological polar surface area (TPSA) is 84.0 Å². The quantitative estimate of drug-likeness (QED) is 0.337. The Bertz CT molecular complexity index is 1160. The van der Waals surface area contributed by atoms with Crippen molar-refractivity contribution < 1.29 is 28.3 Å². The molecule has 1 atom stereocenters. The summed E-state index contributed by atoms with van der Waals surface area (Å²) in [6.07, 6.45) is 6.82. The summed E-state index contributed by atoms with van der Waals surface area (Å²) in [7, 11) is 1.27. The second kappa shape index (κ2) is 10.6. The number of esters is 1. The third-order valence-electron chi connectivity index (χ3n) is 6.46. The van der Waals surface area contributed by atoms with Crippen molar-refractivity contribution in [2.75, 3.05) is 18.6 Å². The van der Waals surface area contributed by atoms with E-state index in [2.05, 4.69) is 10.8 Å². The van der Waals surface area contributed by atoms with Gasteiger partial charge in [0.25, 0.3) is 11.8 Å². The predicted molar refractivity (Wildman–Crippen MR) is 127 cm³/mol. The molecule has 8 heteroatoms. The van der Waals surface area contributed by atoms with E-state index >= 15 is 0 Å². The number of carbonyl (C=O) groups is 4. The Morgan fingerprint density at radius 1 is 1.03 bits per heavy atom. The summed E-state index contributed by atoms with van der Waals surface area (Å²) in [6, 6.07) is 10.2. The standard InChI is InChI=1S/C27H27FN2O5/c1-35-27(34)20-9-13-22(14-10-20)30-24(31)17-23(26(30)33)29(16-15-18-5-3-2-4-6-18)25(32)19-7-11-21(28)12-8-19/h5,7-14,23H,2-4,6,15-17H2,1H3. The Labute approximate surface area is 203 Å². The maximum atomic E-state index is 13.4. The summed E-state index contributed by atoms with van der Waals surface area (Å²) in [5.41, 5.74) is 2.10. The number of anilines is 1. The number of hydrogen-bond donors (Lipinski definition) is 0. The van der Waals surface area contributed by atoms with Crippen molar-refractivity contribution in [1.82, 2.24) is 4.90 Å². The second-order valence-corrected chi connectivity index (χ2v) is 8.69. The van der Waals surface area contributed by atoms with Crippen LogP contribution in [-0.2, 0) is 14.3 Å². The smallest absolute Gasteiger partial charge is 0.337 e. The summed E-state index contributed by atoms with van der Waals surface area (Å²) in [6.45, 7) is 0.279. The molecule has 1 fully saturated rings. The number of halogens is 1. The zero-order chi connectivity index (χ0) is 24.9. The molecule has 1 saturated heterocycles. The fraction of sp³-hybridized carbons (Fsp3) is 0.333. The number of imide groups is 1. The molecule has 1 unspecified atom stereocenters. The lowest BCUT2D eigenvalue weighted by Gasteiger charge is -2.28. The molecule has 1 aliphatic heterocycles. The highest BCUT2D eigenvalue weighted by Gasteiger charge is 2.44. The van der Waals surface area contributed by atoms with Crippen LogP contribution in [0.4, 0.5) is 10.1 Å². The number of benzene rings is 2. The number of allylic oxidation sites excluding steroid dienone is 1. The van der Waals surface area contributed by atoms with E-state index < -0.39 is 35.5 Å². The number of hydrogen-bond acceptors (Lipinski definition) is 5. The van der Waals surface area contributed by atoms with Crippen LogP contribution in [0, 0.1) is 5.82 Å². The molecule has 1 aliphatic carbocycles. The highest BCUT2D eigenvalue weighted by atomic mass is 19.1. The van der Waals surface area contributed by atoms with Crippen molar-refractivity contribution in [3.63, 3.8) is 0 Å². The van der Waals surface area contributed by atoms with Crippen LogP contribution in [0.2, 0.25) is 0 Å². The van der Waals surface area contributed by atoms with Gasteiger partial charge in [-0.05, 0) is 80.6 Å². The monoisotopic (exact) mass is 478 g/mol. The van der Waals surface area contributed by atoms with E-state index in [9.17, 15) is 23.6 Å². The lowest BCUT2D eigenvalue weighted by molar-refractivity contribution is -0.122. The number of methoxy groups -OCH3 is 1. The van der Waals surface area contributed by atoms with E-state index in [0.717, 1.165) is 30.6 Å². The summed E-state index contributed by atoms with van der Waals surface area (Å²) >= 11 is 0. The minimum Gasteiger partial charge on any atom is -0.465 e. The Hall–Kier alpha value is -3.81. The molecular weight excluding hydrogens is 451 g/mol. The third kappa shape index (κ3) is 5.31. The minimum absolute atomic E-state index is 0.149. The summed E-state index contributed by atoms with van der Waals surface area (Å²) in [5, 5.41) is 0. The first kappa shape index (κ1) is 24.3. The van der Waals surface area contributed by atoms with Gasteiger partial charge in [-0.15, -0.1) is 0 Å². The molecule has 2 aromatic carbocycles.